The maximum Gasteiger partial charge on any atom is 0.112 e. The van der Waals surface area contributed by atoms with Crippen LogP contribution in [0.1, 0.15) is 34.2 Å². The SMILES string of the molecule is Cc1nn(-c2ccc(C#N)c(Cl)c2)c(C)c1C(O)c1cccnc1Br. The number of halogens is 2. The molecule has 0 amide bonds. The van der Waals surface area contributed by atoms with Gasteiger partial charge in [-0.15, -0.1) is 0 Å². The van der Waals surface area contributed by atoms with Crippen molar-refractivity contribution < 1.29 is 5.11 Å². The summed E-state index contributed by atoms with van der Waals surface area (Å²) < 4.78 is 2.31. The summed E-state index contributed by atoms with van der Waals surface area (Å²) in [5, 5.41) is 24.7. The van der Waals surface area contributed by atoms with E-state index in [1.54, 1.807) is 35.1 Å². The number of nitriles is 1. The first-order chi connectivity index (χ1) is 11.9. The summed E-state index contributed by atoms with van der Waals surface area (Å²) in [6.45, 7) is 3.73. The van der Waals surface area contributed by atoms with E-state index in [9.17, 15) is 5.11 Å². The van der Waals surface area contributed by atoms with Crippen molar-refractivity contribution in [2.45, 2.75) is 20.0 Å². The van der Waals surface area contributed by atoms with Crippen LogP contribution in [-0.2, 0) is 0 Å². The molecule has 2 heterocycles. The molecule has 0 bridgehead atoms. The fraction of sp³-hybridized carbons (Fsp3) is 0.167. The summed E-state index contributed by atoms with van der Waals surface area (Å²) in [6, 6.07) is 10.8. The molecule has 126 valence electrons. The molecule has 0 radical (unpaired) electrons. The van der Waals surface area contributed by atoms with Gasteiger partial charge in [-0.2, -0.15) is 10.4 Å². The third-order valence-electron chi connectivity index (χ3n) is 4.02. The van der Waals surface area contributed by atoms with Gasteiger partial charge in [-0.3, -0.25) is 0 Å². The lowest BCUT2D eigenvalue weighted by molar-refractivity contribution is 0.217. The van der Waals surface area contributed by atoms with Crippen molar-refractivity contribution in [1.82, 2.24) is 14.8 Å². The molecule has 0 saturated heterocycles. The minimum atomic E-state index is -0.856. The highest BCUT2D eigenvalue weighted by Gasteiger charge is 2.23. The largest absolute Gasteiger partial charge is 0.383 e. The highest BCUT2D eigenvalue weighted by atomic mass is 79.9. The Balaban J connectivity index is 2.09. The molecule has 2 aromatic heterocycles. The lowest BCUT2D eigenvalue weighted by Crippen LogP contribution is -2.05. The fourth-order valence-corrected chi connectivity index (χ4v) is 3.47. The molecule has 3 rings (SSSR count). The minimum Gasteiger partial charge on any atom is -0.383 e. The summed E-state index contributed by atoms with van der Waals surface area (Å²) in [5.74, 6) is 0. The monoisotopic (exact) mass is 416 g/mol. The van der Waals surface area contributed by atoms with E-state index < -0.39 is 6.10 Å². The fourth-order valence-electron chi connectivity index (χ4n) is 2.79. The topological polar surface area (TPSA) is 74.7 Å². The molecular weight excluding hydrogens is 404 g/mol. The smallest absolute Gasteiger partial charge is 0.112 e. The molecule has 1 unspecified atom stereocenters. The molecule has 3 aromatic rings. The van der Waals surface area contributed by atoms with Crippen LogP contribution in [0.2, 0.25) is 5.02 Å². The van der Waals surface area contributed by atoms with E-state index in [1.807, 2.05) is 26.0 Å². The minimum absolute atomic E-state index is 0.365. The van der Waals surface area contributed by atoms with Gasteiger partial charge < -0.3 is 5.11 Å². The van der Waals surface area contributed by atoms with E-state index in [2.05, 4.69) is 26.0 Å². The first kappa shape index (κ1) is 17.6. The lowest BCUT2D eigenvalue weighted by Gasteiger charge is -2.13. The average molecular weight is 418 g/mol. The number of aliphatic hydroxyl groups excluding tert-OH is 1. The zero-order valence-electron chi connectivity index (χ0n) is 13.5. The van der Waals surface area contributed by atoms with Crippen molar-refractivity contribution in [3.05, 3.63) is 74.2 Å². The van der Waals surface area contributed by atoms with Gasteiger partial charge in [0.05, 0.1) is 22.0 Å². The first-order valence-electron chi connectivity index (χ1n) is 7.48. The van der Waals surface area contributed by atoms with Crippen LogP contribution in [0.15, 0.2) is 41.1 Å². The number of pyridine rings is 1. The van der Waals surface area contributed by atoms with Crippen molar-refractivity contribution in [2.75, 3.05) is 0 Å². The second-order valence-corrected chi connectivity index (χ2v) is 6.72. The summed E-state index contributed by atoms with van der Waals surface area (Å²) in [6.07, 6.45) is 0.799. The molecule has 1 N–H and O–H groups in total. The molecule has 5 nitrogen and oxygen atoms in total. The molecule has 0 aliphatic heterocycles. The molecule has 0 spiro atoms. The molecule has 1 atom stereocenters. The van der Waals surface area contributed by atoms with E-state index in [1.165, 1.54) is 0 Å². The highest BCUT2D eigenvalue weighted by molar-refractivity contribution is 9.10. The maximum atomic E-state index is 10.8. The van der Waals surface area contributed by atoms with Crippen molar-refractivity contribution >= 4 is 27.5 Å². The van der Waals surface area contributed by atoms with E-state index in [-0.39, 0.29) is 0 Å². The van der Waals surface area contributed by atoms with Crippen molar-refractivity contribution in [3.8, 4) is 11.8 Å². The Hall–Kier alpha value is -2.20. The van der Waals surface area contributed by atoms with Gasteiger partial charge in [-0.25, -0.2) is 9.67 Å². The van der Waals surface area contributed by atoms with Crippen LogP contribution in [0.4, 0.5) is 0 Å². The average Bonchev–Trinajstić information content (AvgIpc) is 2.89. The van der Waals surface area contributed by atoms with E-state index in [0.717, 1.165) is 11.4 Å². The van der Waals surface area contributed by atoms with Crippen LogP contribution in [0.25, 0.3) is 5.69 Å². The van der Waals surface area contributed by atoms with Crippen LogP contribution >= 0.6 is 27.5 Å². The number of benzene rings is 1. The quantitative estimate of drug-likeness (QED) is 0.646. The number of nitrogens with zero attached hydrogens (tertiary/aromatic N) is 4. The number of aliphatic hydroxyl groups is 1. The van der Waals surface area contributed by atoms with Gasteiger partial charge in [0.1, 0.15) is 16.8 Å². The number of aromatic nitrogens is 3. The molecule has 0 aliphatic rings. The second kappa shape index (κ2) is 6.96. The Kier molecular flexibility index (Phi) is 4.91. The number of hydrogen-bond acceptors (Lipinski definition) is 4. The zero-order valence-corrected chi connectivity index (χ0v) is 15.9. The summed E-state index contributed by atoms with van der Waals surface area (Å²) in [7, 11) is 0. The third kappa shape index (κ3) is 3.19. The van der Waals surface area contributed by atoms with Gasteiger partial charge in [0.25, 0.3) is 0 Å². The Morgan fingerprint density at radius 1 is 1.32 bits per heavy atom. The van der Waals surface area contributed by atoms with Crippen LogP contribution < -0.4 is 0 Å². The Morgan fingerprint density at radius 2 is 2.08 bits per heavy atom. The van der Waals surface area contributed by atoms with Crippen LogP contribution in [0.5, 0.6) is 0 Å². The van der Waals surface area contributed by atoms with Crippen molar-refractivity contribution in [1.29, 1.82) is 5.26 Å². The van der Waals surface area contributed by atoms with Gasteiger partial charge >= 0.3 is 0 Å². The Morgan fingerprint density at radius 3 is 2.72 bits per heavy atom. The molecule has 0 aliphatic carbocycles. The molecular formula is C18H14BrClN4O. The summed E-state index contributed by atoms with van der Waals surface area (Å²) in [4.78, 5) is 4.16. The predicted molar refractivity (Wildman–Crippen MR) is 98.8 cm³/mol. The number of aryl methyl sites for hydroxylation is 1. The third-order valence-corrected chi connectivity index (χ3v) is 5.00. The summed E-state index contributed by atoms with van der Waals surface area (Å²) in [5.41, 5.74) is 4.03. The van der Waals surface area contributed by atoms with Crippen LogP contribution in [-0.4, -0.2) is 19.9 Å². The van der Waals surface area contributed by atoms with E-state index in [0.29, 0.717) is 32.0 Å². The van der Waals surface area contributed by atoms with Gasteiger partial charge in [-0.05, 0) is 54.0 Å². The Bertz CT molecular complexity index is 993. The van der Waals surface area contributed by atoms with Crippen LogP contribution in [0, 0.1) is 25.2 Å². The lowest BCUT2D eigenvalue weighted by atomic mass is 10.0. The van der Waals surface area contributed by atoms with Gasteiger partial charge in [0.2, 0.25) is 0 Å². The first-order valence-corrected chi connectivity index (χ1v) is 8.65. The van der Waals surface area contributed by atoms with Gasteiger partial charge in [0, 0.05) is 23.0 Å². The molecule has 7 heteroatoms. The maximum absolute atomic E-state index is 10.8. The number of hydrogen-bond donors (Lipinski definition) is 1. The molecule has 0 saturated carbocycles. The van der Waals surface area contributed by atoms with Crippen LogP contribution in [0.3, 0.4) is 0 Å². The number of rotatable bonds is 3. The van der Waals surface area contributed by atoms with Gasteiger partial charge in [-0.1, -0.05) is 17.7 Å². The normalized spacial score (nSPS) is 12.0. The molecule has 0 fully saturated rings. The molecule has 1 aromatic carbocycles. The second-order valence-electron chi connectivity index (χ2n) is 5.56. The van der Waals surface area contributed by atoms with E-state index >= 15 is 0 Å². The molecule has 25 heavy (non-hydrogen) atoms. The zero-order chi connectivity index (χ0) is 18.1. The van der Waals surface area contributed by atoms with E-state index in [4.69, 9.17) is 16.9 Å². The van der Waals surface area contributed by atoms with Crippen molar-refractivity contribution in [2.24, 2.45) is 0 Å². The van der Waals surface area contributed by atoms with Crippen molar-refractivity contribution in [3.63, 3.8) is 0 Å². The van der Waals surface area contributed by atoms with Gasteiger partial charge in [0.15, 0.2) is 0 Å². The Labute approximate surface area is 158 Å². The summed E-state index contributed by atoms with van der Waals surface area (Å²) >= 11 is 9.50. The highest BCUT2D eigenvalue weighted by Crippen LogP contribution is 2.32. The standard InChI is InChI=1S/C18H14BrClN4O/c1-10-16(17(25)14-4-3-7-22-18(14)19)11(2)24(23-10)13-6-5-12(9-21)15(20)8-13/h3-8,17,25H,1-2H3. The predicted octanol–water partition coefficient (Wildman–Crippen LogP) is 4.25.